The summed E-state index contributed by atoms with van der Waals surface area (Å²) < 4.78 is 7.45. The van der Waals surface area contributed by atoms with Crippen LogP contribution in [0.2, 0.25) is 0 Å². The molecule has 8 heteroatoms. The fourth-order valence-electron chi connectivity index (χ4n) is 2.76. The number of aryl methyl sites for hydroxylation is 1. The van der Waals surface area contributed by atoms with Gasteiger partial charge < -0.3 is 24.4 Å². The molecule has 0 fully saturated rings. The molecule has 0 aliphatic heterocycles. The fraction of sp³-hybridized carbons (Fsp3) is 0.438. The van der Waals surface area contributed by atoms with Crippen LogP contribution in [0.3, 0.4) is 0 Å². The van der Waals surface area contributed by atoms with E-state index in [4.69, 9.17) is 4.74 Å². The third-order valence-electron chi connectivity index (χ3n) is 3.74. The summed E-state index contributed by atoms with van der Waals surface area (Å²) >= 11 is 3.35. The molecule has 0 aliphatic rings. The van der Waals surface area contributed by atoms with Gasteiger partial charge in [0.05, 0.1) is 34.5 Å². The lowest BCUT2D eigenvalue weighted by molar-refractivity contribution is 0.0524. The minimum atomic E-state index is -0.496. The molecule has 2 rings (SSSR count). The average Bonchev–Trinajstić information content (AvgIpc) is 2.76. The van der Waals surface area contributed by atoms with E-state index in [1.165, 1.54) is 0 Å². The topological polar surface area (TPSA) is 74.9 Å². The van der Waals surface area contributed by atoms with Crippen molar-refractivity contribution in [2.75, 3.05) is 20.7 Å². The van der Waals surface area contributed by atoms with Gasteiger partial charge in [-0.3, -0.25) is 0 Å². The van der Waals surface area contributed by atoms with E-state index in [1.54, 1.807) is 24.6 Å². The summed E-state index contributed by atoms with van der Waals surface area (Å²) in [4.78, 5) is 14.3. The maximum absolute atomic E-state index is 12.4. The van der Waals surface area contributed by atoms with Crippen molar-refractivity contribution in [1.29, 1.82) is 0 Å². The number of aromatic hydroxyl groups is 1. The van der Waals surface area contributed by atoms with E-state index in [2.05, 4.69) is 15.9 Å². The number of phenols is 1. The van der Waals surface area contributed by atoms with Crippen LogP contribution < -0.4 is 0 Å². The highest BCUT2D eigenvalue weighted by Crippen LogP contribution is 2.39. The van der Waals surface area contributed by atoms with Crippen molar-refractivity contribution in [2.24, 2.45) is 7.05 Å². The number of carbonyl (C=O) groups excluding carboxylic acids is 1. The van der Waals surface area contributed by atoms with Crippen LogP contribution in [0.15, 0.2) is 10.5 Å². The number of aliphatic hydroxyl groups excluding tert-OH is 1. The number of aliphatic hydroxyl groups is 1. The van der Waals surface area contributed by atoms with Crippen molar-refractivity contribution in [1.82, 2.24) is 9.47 Å². The normalized spacial score (nSPS) is 11.0. The molecule has 0 saturated carbocycles. The molecule has 24 heavy (non-hydrogen) atoms. The van der Waals surface area contributed by atoms with Gasteiger partial charge >= 0.3 is 5.97 Å². The number of carbonyl (C=O) groups is 1. The van der Waals surface area contributed by atoms with Crippen LogP contribution in [0.4, 0.5) is 0 Å². The van der Waals surface area contributed by atoms with E-state index >= 15 is 0 Å². The molecule has 6 nitrogen and oxygen atoms in total. The van der Waals surface area contributed by atoms with Crippen molar-refractivity contribution in [2.45, 2.75) is 20.1 Å². The molecule has 1 heterocycles. The maximum Gasteiger partial charge on any atom is 0.340 e. The van der Waals surface area contributed by atoms with Gasteiger partial charge in [0.25, 0.3) is 0 Å². The first kappa shape index (κ1) is 20.8. The molecule has 0 atom stereocenters. The van der Waals surface area contributed by atoms with Gasteiger partial charge in [0, 0.05) is 24.5 Å². The Morgan fingerprint density at radius 2 is 2.04 bits per heavy atom. The summed E-state index contributed by atoms with van der Waals surface area (Å²) in [6, 6.07) is 1.74. The number of aromatic nitrogens is 1. The Morgan fingerprint density at radius 3 is 2.54 bits per heavy atom. The summed E-state index contributed by atoms with van der Waals surface area (Å²) in [6.07, 6.45) is 0. The van der Waals surface area contributed by atoms with Gasteiger partial charge in [-0.25, -0.2) is 4.79 Å². The molecule has 0 saturated heterocycles. The molecule has 0 spiro atoms. The second-order valence-corrected chi connectivity index (χ2v) is 6.43. The molecule has 0 amide bonds. The lowest BCUT2D eigenvalue weighted by atomic mass is 10.0. The molecule has 1 aromatic heterocycles. The monoisotopic (exact) mass is 420 g/mol. The summed E-state index contributed by atoms with van der Waals surface area (Å²) in [5.74, 6) is -0.407. The highest BCUT2D eigenvalue weighted by Gasteiger charge is 2.26. The van der Waals surface area contributed by atoms with E-state index in [0.29, 0.717) is 33.2 Å². The Kier molecular flexibility index (Phi) is 7.10. The van der Waals surface area contributed by atoms with Gasteiger partial charge in [-0.15, -0.1) is 12.4 Å². The molecular formula is C16H22BrClN2O4. The summed E-state index contributed by atoms with van der Waals surface area (Å²) in [6.45, 7) is 2.13. The first-order valence-electron chi connectivity index (χ1n) is 7.27. The number of benzene rings is 1. The number of esters is 1. The number of hydrogen-bond acceptors (Lipinski definition) is 5. The van der Waals surface area contributed by atoms with Gasteiger partial charge in [0.15, 0.2) is 0 Å². The van der Waals surface area contributed by atoms with E-state index in [1.807, 2.05) is 19.0 Å². The van der Waals surface area contributed by atoms with Gasteiger partial charge in [-0.2, -0.15) is 0 Å². The van der Waals surface area contributed by atoms with Crippen LogP contribution >= 0.6 is 28.3 Å². The summed E-state index contributed by atoms with van der Waals surface area (Å²) in [5.41, 5.74) is 2.15. The molecule has 2 aromatic rings. The van der Waals surface area contributed by atoms with Crippen LogP contribution in [0.5, 0.6) is 5.75 Å². The van der Waals surface area contributed by atoms with E-state index in [0.717, 1.165) is 5.52 Å². The van der Waals surface area contributed by atoms with E-state index < -0.39 is 5.97 Å². The summed E-state index contributed by atoms with van der Waals surface area (Å²) in [5, 5.41) is 20.8. The van der Waals surface area contributed by atoms with Crippen molar-refractivity contribution < 1.29 is 19.7 Å². The largest absolute Gasteiger partial charge is 0.506 e. The third-order valence-corrected chi connectivity index (χ3v) is 4.35. The lowest BCUT2D eigenvalue weighted by Gasteiger charge is -2.15. The van der Waals surface area contributed by atoms with Crippen LogP contribution in [-0.2, 0) is 24.9 Å². The number of nitrogens with zero attached hydrogens (tertiary/aromatic N) is 2. The molecule has 0 aliphatic carbocycles. The second kappa shape index (κ2) is 8.20. The first-order valence-corrected chi connectivity index (χ1v) is 8.07. The Morgan fingerprint density at radius 1 is 1.42 bits per heavy atom. The zero-order chi connectivity index (χ0) is 17.3. The minimum absolute atomic E-state index is 0. The highest BCUT2D eigenvalue weighted by molar-refractivity contribution is 9.10. The Bertz CT molecular complexity index is 759. The molecular weight excluding hydrogens is 400 g/mol. The van der Waals surface area contributed by atoms with Crippen LogP contribution in [0.1, 0.15) is 28.5 Å². The van der Waals surface area contributed by atoms with Crippen LogP contribution in [-0.4, -0.2) is 46.4 Å². The van der Waals surface area contributed by atoms with Crippen molar-refractivity contribution in [3.8, 4) is 5.75 Å². The molecule has 1 aromatic carbocycles. The minimum Gasteiger partial charge on any atom is -0.506 e. The molecule has 0 unspecified atom stereocenters. The zero-order valence-electron chi connectivity index (χ0n) is 14.1. The Labute approximate surface area is 155 Å². The third kappa shape index (κ3) is 3.54. The number of phenolic OH excluding ortho intramolecular Hbond substituents is 1. The number of halogens is 2. The number of hydrogen-bond donors (Lipinski definition) is 2. The predicted octanol–water partition coefficient (Wildman–Crippen LogP) is 2.80. The van der Waals surface area contributed by atoms with Crippen molar-refractivity contribution in [3.05, 3.63) is 27.4 Å². The van der Waals surface area contributed by atoms with Gasteiger partial charge in [0.2, 0.25) is 0 Å². The van der Waals surface area contributed by atoms with Gasteiger partial charge in [-0.05, 0) is 43.0 Å². The van der Waals surface area contributed by atoms with E-state index in [-0.39, 0.29) is 31.4 Å². The Hall–Kier alpha value is -1.28. The SMILES string of the molecule is CCOC(=O)c1c(CO)n(C)c2cc(Br)c(O)c(CN(C)C)c12.Cl. The fourth-order valence-corrected chi connectivity index (χ4v) is 3.21. The smallest absolute Gasteiger partial charge is 0.340 e. The first-order chi connectivity index (χ1) is 10.8. The molecule has 0 radical (unpaired) electrons. The molecule has 2 N–H and O–H groups in total. The maximum atomic E-state index is 12.4. The van der Waals surface area contributed by atoms with E-state index in [9.17, 15) is 15.0 Å². The van der Waals surface area contributed by atoms with Crippen molar-refractivity contribution in [3.63, 3.8) is 0 Å². The van der Waals surface area contributed by atoms with Crippen LogP contribution in [0.25, 0.3) is 10.9 Å². The van der Waals surface area contributed by atoms with Gasteiger partial charge in [-0.1, -0.05) is 0 Å². The van der Waals surface area contributed by atoms with Gasteiger partial charge in [0.1, 0.15) is 5.75 Å². The molecule has 134 valence electrons. The quantitative estimate of drug-likeness (QED) is 0.726. The second-order valence-electron chi connectivity index (χ2n) is 5.58. The highest BCUT2D eigenvalue weighted by atomic mass is 79.9. The number of ether oxygens (including phenoxy) is 1. The average molecular weight is 422 g/mol. The standard InChI is InChI=1S/C16H21BrN2O4.ClH/c1-5-23-16(22)14-12(8-20)19(4)11-6-10(17)15(21)9(13(11)14)7-18(2)3;/h6,20-21H,5,7-8H2,1-4H3;1H. The molecule has 0 bridgehead atoms. The zero-order valence-corrected chi connectivity index (χ0v) is 16.5. The lowest BCUT2D eigenvalue weighted by Crippen LogP contribution is -2.13. The number of rotatable bonds is 5. The predicted molar refractivity (Wildman–Crippen MR) is 98.8 cm³/mol. The number of fused-ring (bicyclic) bond motifs is 1. The summed E-state index contributed by atoms with van der Waals surface area (Å²) in [7, 11) is 5.54. The van der Waals surface area contributed by atoms with Crippen molar-refractivity contribution >= 4 is 45.2 Å². The van der Waals surface area contributed by atoms with Crippen LogP contribution in [0, 0.1) is 0 Å². The Balaban J connectivity index is 0.00000288.